The summed E-state index contributed by atoms with van der Waals surface area (Å²) in [5.41, 5.74) is 3.11. The summed E-state index contributed by atoms with van der Waals surface area (Å²) >= 11 is 5.76. The average molecular weight is 294 g/mol. The van der Waals surface area contributed by atoms with Crippen LogP contribution in [-0.2, 0) is 0 Å². The number of aromatic nitrogens is 1. The zero-order valence-corrected chi connectivity index (χ0v) is 11.4. The lowest BCUT2D eigenvalue weighted by molar-refractivity contribution is 0.0912. The minimum Gasteiger partial charge on any atom is -0.464 e. The van der Waals surface area contributed by atoms with Crippen LogP contribution >= 0.6 is 11.6 Å². The maximum absolute atomic E-state index is 11.6. The number of carbonyl (C=O) groups excluding carboxylic acids is 1. The van der Waals surface area contributed by atoms with Crippen molar-refractivity contribution in [2.24, 2.45) is 5.10 Å². The van der Waals surface area contributed by atoms with Gasteiger partial charge in [0.25, 0.3) is 5.89 Å². The maximum atomic E-state index is 11.6. The van der Waals surface area contributed by atoms with Crippen LogP contribution in [0, 0.1) is 0 Å². The van der Waals surface area contributed by atoms with Gasteiger partial charge in [0.2, 0.25) is 0 Å². The first-order valence-electron chi connectivity index (χ1n) is 5.86. The normalized spacial score (nSPS) is 10.7. The van der Waals surface area contributed by atoms with Crippen LogP contribution < -0.4 is 10.2 Å². The van der Waals surface area contributed by atoms with Crippen molar-refractivity contribution in [1.82, 2.24) is 10.4 Å². The van der Waals surface area contributed by atoms with Crippen LogP contribution in [0.5, 0.6) is 5.95 Å². The molecule has 0 aliphatic rings. The molecule has 0 radical (unpaired) electrons. The molecule has 1 amide bonds. The summed E-state index contributed by atoms with van der Waals surface area (Å²) in [6, 6.07) is 7.01. The molecular formula is C13H12ClN3O3. The molecule has 0 fully saturated rings. The minimum absolute atomic E-state index is 0.110. The summed E-state index contributed by atoms with van der Waals surface area (Å²) in [4.78, 5) is 15.4. The SMILES string of the molecule is CCOc1cnc(C(=O)N/N=C\c2ccc(Cl)cc2)o1. The molecule has 0 saturated heterocycles. The standard InChI is InChI=1S/C13H12ClN3O3/c1-2-19-11-8-15-13(20-11)12(18)17-16-7-9-3-5-10(14)6-4-9/h3-8H,2H2,1H3,(H,17,18)/b16-7-. The van der Waals surface area contributed by atoms with E-state index in [9.17, 15) is 4.79 Å². The van der Waals surface area contributed by atoms with Crippen molar-refractivity contribution in [3.05, 3.63) is 46.9 Å². The highest BCUT2D eigenvalue weighted by atomic mass is 35.5. The Hall–Kier alpha value is -2.34. The van der Waals surface area contributed by atoms with Crippen LogP contribution in [0.2, 0.25) is 5.02 Å². The van der Waals surface area contributed by atoms with Crippen molar-refractivity contribution in [3.63, 3.8) is 0 Å². The number of nitrogens with zero attached hydrogens (tertiary/aromatic N) is 2. The van der Waals surface area contributed by atoms with E-state index in [1.807, 2.05) is 0 Å². The van der Waals surface area contributed by atoms with Gasteiger partial charge >= 0.3 is 11.9 Å². The molecule has 1 aromatic heterocycles. The molecule has 104 valence electrons. The first-order chi connectivity index (χ1) is 9.69. The van der Waals surface area contributed by atoms with E-state index in [0.717, 1.165) is 5.56 Å². The van der Waals surface area contributed by atoms with Gasteiger partial charge in [-0.25, -0.2) is 10.4 Å². The topological polar surface area (TPSA) is 76.7 Å². The number of rotatable bonds is 5. The maximum Gasteiger partial charge on any atom is 0.327 e. The zero-order chi connectivity index (χ0) is 14.4. The number of benzene rings is 1. The van der Waals surface area contributed by atoms with E-state index in [4.69, 9.17) is 20.8 Å². The number of ether oxygens (including phenoxy) is 1. The van der Waals surface area contributed by atoms with E-state index in [-0.39, 0.29) is 11.8 Å². The summed E-state index contributed by atoms with van der Waals surface area (Å²) < 4.78 is 10.1. The van der Waals surface area contributed by atoms with Crippen LogP contribution in [0.15, 0.2) is 40.0 Å². The number of oxazole rings is 1. The van der Waals surface area contributed by atoms with Gasteiger partial charge in [-0.1, -0.05) is 23.7 Å². The van der Waals surface area contributed by atoms with E-state index in [1.165, 1.54) is 12.4 Å². The third-order valence-corrected chi connectivity index (χ3v) is 2.47. The Morgan fingerprint density at radius 3 is 2.95 bits per heavy atom. The van der Waals surface area contributed by atoms with Gasteiger partial charge in [-0.15, -0.1) is 0 Å². The Labute approximate surface area is 120 Å². The van der Waals surface area contributed by atoms with Crippen LogP contribution in [-0.4, -0.2) is 23.7 Å². The van der Waals surface area contributed by atoms with Gasteiger partial charge in [0, 0.05) is 5.02 Å². The van der Waals surface area contributed by atoms with Crippen molar-refractivity contribution >= 4 is 23.7 Å². The average Bonchev–Trinajstić information content (AvgIpc) is 2.90. The Morgan fingerprint density at radius 1 is 1.50 bits per heavy atom. The second kappa shape index (κ2) is 6.72. The molecule has 6 nitrogen and oxygen atoms in total. The number of carbonyl (C=O) groups is 1. The van der Waals surface area contributed by atoms with Crippen LogP contribution in [0.4, 0.5) is 0 Å². The Kier molecular flexibility index (Phi) is 4.73. The Balaban J connectivity index is 1.92. The van der Waals surface area contributed by atoms with E-state index < -0.39 is 5.91 Å². The Morgan fingerprint density at radius 2 is 2.25 bits per heavy atom. The molecule has 0 atom stereocenters. The van der Waals surface area contributed by atoms with Gasteiger partial charge in [-0.05, 0) is 24.6 Å². The van der Waals surface area contributed by atoms with Gasteiger partial charge in [-0.3, -0.25) is 4.79 Å². The van der Waals surface area contributed by atoms with Gasteiger partial charge in [0.1, 0.15) is 6.20 Å². The largest absolute Gasteiger partial charge is 0.464 e. The highest BCUT2D eigenvalue weighted by Crippen LogP contribution is 2.12. The van der Waals surface area contributed by atoms with Crippen LogP contribution in [0.1, 0.15) is 23.2 Å². The van der Waals surface area contributed by atoms with Crippen molar-refractivity contribution in [2.75, 3.05) is 6.61 Å². The number of halogens is 1. The molecule has 0 aliphatic carbocycles. The summed E-state index contributed by atoms with van der Waals surface area (Å²) in [7, 11) is 0. The molecule has 20 heavy (non-hydrogen) atoms. The number of hydrazone groups is 1. The molecule has 0 spiro atoms. The molecular weight excluding hydrogens is 282 g/mol. The molecule has 0 unspecified atom stereocenters. The molecule has 1 N–H and O–H groups in total. The van der Waals surface area contributed by atoms with E-state index in [0.29, 0.717) is 11.6 Å². The summed E-state index contributed by atoms with van der Waals surface area (Å²) in [5.74, 6) is -0.470. The second-order valence-corrected chi connectivity index (χ2v) is 4.10. The lowest BCUT2D eigenvalue weighted by atomic mass is 10.2. The van der Waals surface area contributed by atoms with Gasteiger partial charge < -0.3 is 9.15 Å². The summed E-state index contributed by atoms with van der Waals surface area (Å²) in [6.07, 6.45) is 2.82. The molecule has 2 aromatic rings. The highest BCUT2D eigenvalue weighted by Gasteiger charge is 2.12. The number of hydrogen-bond acceptors (Lipinski definition) is 5. The van der Waals surface area contributed by atoms with Gasteiger partial charge in [-0.2, -0.15) is 5.10 Å². The first kappa shape index (κ1) is 14.1. The zero-order valence-electron chi connectivity index (χ0n) is 10.7. The minimum atomic E-state index is -0.554. The van der Waals surface area contributed by atoms with Gasteiger partial charge in [0.05, 0.1) is 12.8 Å². The van der Waals surface area contributed by atoms with E-state index in [2.05, 4.69) is 15.5 Å². The fraction of sp³-hybridized carbons (Fsp3) is 0.154. The highest BCUT2D eigenvalue weighted by molar-refractivity contribution is 6.30. The third-order valence-electron chi connectivity index (χ3n) is 2.22. The number of nitrogens with one attached hydrogen (secondary N) is 1. The number of amides is 1. The second-order valence-electron chi connectivity index (χ2n) is 3.67. The van der Waals surface area contributed by atoms with Crippen molar-refractivity contribution < 1.29 is 13.9 Å². The third kappa shape index (κ3) is 3.83. The molecule has 0 bridgehead atoms. The molecule has 1 heterocycles. The summed E-state index contributed by atoms with van der Waals surface area (Å²) in [6.45, 7) is 2.24. The van der Waals surface area contributed by atoms with Crippen molar-refractivity contribution in [3.8, 4) is 5.95 Å². The Bertz CT molecular complexity index is 608. The molecule has 0 saturated carbocycles. The lowest BCUT2D eigenvalue weighted by Crippen LogP contribution is -2.17. The summed E-state index contributed by atoms with van der Waals surface area (Å²) in [5, 5.41) is 4.43. The predicted octanol–water partition coefficient (Wildman–Crippen LogP) is 2.49. The lowest BCUT2D eigenvalue weighted by Gasteiger charge is -1.96. The first-order valence-corrected chi connectivity index (χ1v) is 6.24. The fourth-order valence-electron chi connectivity index (χ4n) is 1.34. The number of hydrogen-bond donors (Lipinski definition) is 1. The molecule has 1 aromatic carbocycles. The predicted molar refractivity (Wildman–Crippen MR) is 74.2 cm³/mol. The van der Waals surface area contributed by atoms with Crippen LogP contribution in [0.3, 0.4) is 0 Å². The fourth-order valence-corrected chi connectivity index (χ4v) is 1.46. The van der Waals surface area contributed by atoms with Crippen molar-refractivity contribution in [2.45, 2.75) is 6.92 Å². The quantitative estimate of drug-likeness (QED) is 0.679. The smallest absolute Gasteiger partial charge is 0.327 e. The van der Waals surface area contributed by atoms with E-state index in [1.54, 1.807) is 31.2 Å². The van der Waals surface area contributed by atoms with Crippen LogP contribution in [0.25, 0.3) is 0 Å². The molecule has 0 aliphatic heterocycles. The monoisotopic (exact) mass is 293 g/mol. The van der Waals surface area contributed by atoms with Gasteiger partial charge in [0.15, 0.2) is 0 Å². The van der Waals surface area contributed by atoms with Crippen molar-refractivity contribution in [1.29, 1.82) is 0 Å². The molecule has 2 rings (SSSR count). The van der Waals surface area contributed by atoms with E-state index >= 15 is 0 Å². The molecule has 7 heteroatoms.